The number of benzene rings is 1. The average Bonchev–Trinajstić information content (AvgIpc) is 2.98. The molecule has 1 aromatic carbocycles. The lowest BCUT2D eigenvalue weighted by molar-refractivity contribution is 0.0679. The van der Waals surface area contributed by atoms with E-state index in [-0.39, 0.29) is 18.1 Å². The second kappa shape index (κ2) is 7.46. The van der Waals surface area contributed by atoms with Gasteiger partial charge in [-0.1, -0.05) is 13.8 Å². The largest absolute Gasteiger partial charge is 0.491 e. The van der Waals surface area contributed by atoms with Gasteiger partial charge in [-0.2, -0.15) is 0 Å². The molecule has 1 aromatic rings. The first kappa shape index (κ1) is 15.8. The van der Waals surface area contributed by atoms with Crippen molar-refractivity contribution in [3.63, 3.8) is 0 Å². The van der Waals surface area contributed by atoms with Gasteiger partial charge in [0.05, 0.1) is 6.10 Å². The van der Waals surface area contributed by atoms with Crippen LogP contribution >= 0.6 is 0 Å². The van der Waals surface area contributed by atoms with Crippen molar-refractivity contribution in [1.29, 1.82) is 0 Å². The second-order valence-corrected chi connectivity index (χ2v) is 5.98. The highest BCUT2D eigenvalue weighted by atomic mass is 16.5. The van der Waals surface area contributed by atoms with Crippen molar-refractivity contribution in [3.05, 3.63) is 29.8 Å². The van der Waals surface area contributed by atoms with Crippen LogP contribution in [0.25, 0.3) is 0 Å². The molecule has 116 valence electrons. The van der Waals surface area contributed by atoms with Crippen molar-refractivity contribution in [1.82, 2.24) is 5.32 Å². The normalized spacial score (nSPS) is 19.5. The van der Waals surface area contributed by atoms with E-state index in [1.807, 2.05) is 19.1 Å². The Morgan fingerprint density at radius 3 is 2.62 bits per heavy atom. The number of carbonyl (C=O) groups is 1. The highest BCUT2D eigenvalue weighted by molar-refractivity contribution is 5.94. The highest BCUT2D eigenvalue weighted by Gasteiger charge is 2.16. The van der Waals surface area contributed by atoms with Gasteiger partial charge in [0, 0.05) is 18.2 Å². The molecule has 0 spiro atoms. The molecule has 1 amide bonds. The lowest BCUT2D eigenvalue weighted by atomic mass is 10.1. The number of ether oxygens (including phenoxy) is 2. The van der Waals surface area contributed by atoms with E-state index in [1.54, 1.807) is 12.1 Å². The van der Waals surface area contributed by atoms with Gasteiger partial charge >= 0.3 is 0 Å². The van der Waals surface area contributed by atoms with Gasteiger partial charge in [-0.3, -0.25) is 4.79 Å². The van der Waals surface area contributed by atoms with Crippen molar-refractivity contribution in [2.75, 3.05) is 13.2 Å². The summed E-state index contributed by atoms with van der Waals surface area (Å²) in [5.41, 5.74) is 0.659. The van der Waals surface area contributed by atoms with Crippen LogP contribution in [-0.4, -0.2) is 31.3 Å². The maximum Gasteiger partial charge on any atom is 0.251 e. The number of carbonyl (C=O) groups excluding carboxylic acids is 1. The second-order valence-electron chi connectivity index (χ2n) is 5.98. The van der Waals surface area contributed by atoms with Gasteiger partial charge in [-0.15, -0.1) is 0 Å². The van der Waals surface area contributed by atoms with Gasteiger partial charge in [0.25, 0.3) is 5.91 Å². The summed E-state index contributed by atoms with van der Waals surface area (Å²) in [5, 5.41) is 2.99. The molecular formula is C17H25NO3. The van der Waals surface area contributed by atoms with Crippen molar-refractivity contribution >= 4 is 5.91 Å². The molecule has 21 heavy (non-hydrogen) atoms. The van der Waals surface area contributed by atoms with E-state index in [0.29, 0.717) is 18.1 Å². The minimum atomic E-state index is -0.0399. The Labute approximate surface area is 126 Å². The number of rotatable bonds is 6. The summed E-state index contributed by atoms with van der Waals surface area (Å²) in [6, 6.07) is 7.43. The monoisotopic (exact) mass is 291 g/mol. The molecule has 0 radical (unpaired) electrons. The van der Waals surface area contributed by atoms with Crippen LogP contribution < -0.4 is 10.1 Å². The molecule has 1 fully saturated rings. The Hall–Kier alpha value is -1.55. The Balaban J connectivity index is 1.84. The summed E-state index contributed by atoms with van der Waals surface area (Å²) in [4.78, 5) is 12.1. The van der Waals surface area contributed by atoms with Crippen molar-refractivity contribution in [2.24, 2.45) is 5.92 Å². The molecule has 1 aliphatic heterocycles. The van der Waals surface area contributed by atoms with E-state index < -0.39 is 0 Å². The molecule has 2 unspecified atom stereocenters. The third kappa shape index (κ3) is 4.74. The van der Waals surface area contributed by atoms with E-state index in [2.05, 4.69) is 19.2 Å². The first-order valence-corrected chi connectivity index (χ1v) is 7.71. The Morgan fingerprint density at radius 1 is 1.33 bits per heavy atom. The third-order valence-electron chi connectivity index (χ3n) is 3.94. The standard InChI is InChI=1S/C17H25NO3/c1-12(2)13(3)18-17(19)14-6-8-15(9-7-14)21-11-16-5-4-10-20-16/h6-9,12-13,16H,4-5,10-11H2,1-3H3,(H,18,19). The molecule has 1 saturated heterocycles. The van der Waals surface area contributed by atoms with Gasteiger partial charge < -0.3 is 14.8 Å². The molecule has 0 saturated carbocycles. The first-order chi connectivity index (χ1) is 10.1. The van der Waals surface area contributed by atoms with Crippen LogP contribution in [0.15, 0.2) is 24.3 Å². The van der Waals surface area contributed by atoms with Gasteiger partial charge in [-0.05, 0) is 49.9 Å². The zero-order valence-corrected chi connectivity index (χ0v) is 13.1. The minimum Gasteiger partial charge on any atom is -0.491 e. The molecule has 1 N–H and O–H groups in total. The highest BCUT2D eigenvalue weighted by Crippen LogP contribution is 2.16. The summed E-state index contributed by atoms with van der Waals surface area (Å²) in [6.45, 7) is 7.61. The minimum absolute atomic E-state index is 0.0399. The first-order valence-electron chi connectivity index (χ1n) is 7.71. The van der Waals surface area contributed by atoms with Crippen molar-refractivity contribution in [3.8, 4) is 5.75 Å². The Kier molecular flexibility index (Phi) is 5.62. The molecule has 2 atom stereocenters. The molecule has 2 rings (SSSR count). The molecule has 0 bridgehead atoms. The fourth-order valence-corrected chi connectivity index (χ4v) is 2.12. The maximum atomic E-state index is 12.1. The topological polar surface area (TPSA) is 47.6 Å². The molecule has 1 heterocycles. The zero-order valence-electron chi connectivity index (χ0n) is 13.1. The van der Waals surface area contributed by atoms with E-state index in [4.69, 9.17) is 9.47 Å². The quantitative estimate of drug-likeness (QED) is 0.876. The lowest BCUT2D eigenvalue weighted by Crippen LogP contribution is -2.36. The molecule has 1 aliphatic rings. The Bertz CT molecular complexity index is 450. The Morgan fingerprint density at radius 2 is 2.05 bits per heavy atom. The predicted octanol–water partition coefficient (Wildman–Crippen LogP) is 3.02. The smallest absolute Gasteiger partial charge is 0.251 e. The van der Waals surface area contributed by atoms with Crippen LogP contribution in [-0.2, 0) is 4.74 Å². The van der Waals surface area contributed by atoms with Crippen LogP contribution in [0, 0.1) is 5.92 Å². The van der Waals surface area contributed by atoms with Crippen molar-refractivity contribution in [2.45, 2.75) is 45.8 Å². The predicted molar refractivity (Wildman–Crippen MR) is 82.7 cm³/mol. The summed E-state index contributed by atoms with van der Waals surface area (Å²) >= 11 is 0. The van der Waals surface area contributed by atoms with Gasteiger partial charge in [0.1, 0.15) is 12.4 Å². The van der Waals surface area contributed by atoms with Gasteiger partial charge in [0.15, 0.2) is 0 Å². The van der Waals surface area contributed by atoms with E-state index in [9.17, 15) is 4.79 Å². The van der Waals surface area contributed by atoms with Crippen LogP contribution in [0.3, 0.4) is 0 Å². The van der Waals surface area contributed by atoms with Crippen LogP contribution in [0.1, 0.15) is 44.0 Å². The molecule has 4 nitrogen and oxygen atoms in total. The van der Waals surface area contributed by atoms with Gasteiger partial charge in [0.2, 0.25) is 0 Å². The van der Waals surface area contributed by atoms with E-state index in [0.717, 1.165) is 25.2 Å². The third-order valence-corrected chi connectivity index (χ3v) is 3.94. The maximum absolute atomic E-state index is 12.1. The average molecular weight is 291 g/mol. The zero-order chi connectivity index (χ0) is 15.2. The van der Waals surface area contributed by atoms with E-state index in [1.165, 1.54) is 0 Å². The van der Waals surface area contributed by atoms with Crippen LogP contribution in [0.5, 0.6) is 5.75 Å². The summed E-state index contributed by atoms with van der Waals surface area (Å²) in [6.07, 6.45) is 2.38. The fraction of sp³-hybridized carbons (Fsp3) is 0.588. The van der Waals surface area contributed by atoms with E-state index >= 15 is 0 Å². The van der Waals surface area contributed by atoms with Gasteiger partial charge in [-0.25, -0.2) is 0 Å². The molecule has 4 heteroatoms. The molecule has 0 aromatic heterocycles. The summed E-state index contributed by atoms with van der Waals surface area (Å²) in [7, 11) is 0. The number of amides is 1. The number of hydrogen-bond acceptors (Lipinski definition) is 3. The number of hydrogen-bond donors (Lipinski definition) is 1. The molecule has 0 aliphatic carbocycles. The van der Waals surface area contributed by atoms with Crippen LogP contribution in [0.4, 0.5) is 0 Å². The SMILES string of the molecule is CC(C)C(C)NC(=O)c1ccc(OCC2CCCO2)cc1. The fourth-order valence-electron chi connectivity index (χ4n) is 2.12. The summed E-state index contributed by atoms with van der Waals surface area (Å²) in [5.74, 6) is 1.16. The number of nitrogens with one attached hydrogen (secondary N) is 1. The molecular weight excluding hydrogens is 266 g/mol. The lowest BCUT2D eigenvalue weighted by Gasteiger charge is -2.17. The van der Waals surface area contributed by atoms with Crippen molar-refractivity contribution < 1.29 is 14.3 Å². The van der Waals surface area contributed by atoms with Crippen LogP contribution in [0.2, 0.25) is 0 Å². The summed E-state index contributed by atoms with van der Waals surface area (Å²) < 4.78 is 11.2.